The van der Waals surface area contributed by atoms with Crippen molar-refractivity contribution in [2.45, 2.75) is 239 Å². The van der Waals surface area contributed by atoms with Crippen LogP contribution in [0.3, 0.4) is 0 Å². The smallest absolute Gasteiger partial charge is 0.219 e. The van der Waals surface area contributed by atoms with Crippen LogP contribution < -0.4 is 16.8 Å². The molecule has 4 saturated heterocycles. The average molecular weight is 1270 g/mol. The third-order valence-corrected chi connectivity index (χ3v) is 16.2. The van der Waals surface area contributed by atoms with Gasteiger partial charge in [0.05, 0.1) is 30.7 Å². The lowest BCUT2D eigenvalue weighted by atomic mass is 9.95. The van der Waals surface area contributed by atoms with Crippen LogP contribution in [0.5, 0.6) is 0 Å². The van der Waals surface area contributed by atoms with Crippen molar-refractivity contribution in [3.05, 3.63) is 0 Å². The zero-order valence-electron chi connectivity index (χ0n) is 50.9. The Morgan fingerprint density at radius 3 is 1.47 bits per heavy atom. The standard InChI is InChI=1S/C57H108N4O24S/c1-4-7-8-19-41(63)61-22-13-25-75-28-15-31-77-51-48(70)43(65)37(83-54(51)76-6-3)17-9-30-81-56-53(79-33-16-27-74-24-12-21-60-40(59)35-86-57-50(72)46(68)45(67)39(34-62)85-57)49(71)44(66)38(84-56)18-10-29-80-55-52(47(69)42(64)36(5-2)82-55)78-32-14-26-73-23-11-20-58/h36-39,42-57,62,64-72H,4-35,58H2,1-3H3,(H2,59,60)(H,61,63). The Labute approximate surface area is 511 Å². The Hall–Kier alpha value is -1.67. The van der Waals surface area contributed by atoms with Crippen molar-refractivity contribution in [1.82, 2.24) is 5.32 Å². The number of aliphatic hydroxyl groups excluding tert-OH is 10. The van der Waals surface area contributed by atoms with E-state index in [9.17, 15) is 55.9 Å². The van der Waals surface area contributed by atoms with Crippen molar-refractivity contribution in [2.24, 2.45) is 16.5 Å². The second-order valence-corrected chi connectivity index (χ2v) is 23.0. The van der Waals surface area contributed by atoms with E-state index in [1.54, 1.807) is 6.92 Å². The second-order valence-electron chi connectivity index (χ2n) is 21.9. The predicted molar refractivity (Wildman–Crippen MR) is 313 cm³/mol. The second kappa shape index (κ2) is 44.8. The van der Waals surface area contributed by atoms with Gasteiger partial charge in [-0.25, -0.2) is 0 Å². The molecule has 0 saturated carbocycles. The van der Waals surface area contributed by atoms with Gasteiger partial charge < -0.3 is 129 Å². The van der Waals surface area contributed by atoms with Gasteiger partial charge in [0.15, 0.2) is 18.9 Å². The Balaban J connectivity index is 1.27. The number of ether oxygens (including phenoxy) is 13. The van der Waals surface area contributed by atoms with Gasteiger partial charge in [-0.15, -0.1) is 11.8 Å². The van der Waals surface area contributed by atoms with Crippen molar-refractivity contribution in [1.29, 1.82) is 0 Å². The van der Waals surface area contributed by atoms with Gasteiger partial charge in [0.1, 0.15) is 90.6 Å². The van der Waals surface area contributed by atoms with E-state index in [4.69, 9.17) is 73.0 Å². The van der Waals surface area contributed by atoms with E-state index in [-0.39, 0.29) is 76.6 Å². The van der Waals surface area contributed by atoms with E-state index in [0.29, 0.717) is 110 Å². The van der Waals surface area contributed by atoms with Gasteiger partial charge in [-0.2, -0.15) is 0 Å². The molecular formula is C57H108N4O24S. The van der Waals surface area contributed by atoms with E-state index in [1.165, 1.54) is 0 Å². The highest BCUT2D eigenvalue weighted by molar-refractivity contribution is 8.00. The minimum Gasteiger partial charge on any atom is -0.394 e. The van der Waals surface area contributed by atoms with Crippen molar-refractivity contribution in [2.75, 3.05) is 111 Å². The van der Waals surface area contributed by atoms with Gasteiger partial charge in [-0.05, 0) is 90.5 Å². The lowest BCUT2D eigenvalue weighted by Gasteiger charge is -2.43. The predicted octanol–water partition coefficient (Wildman–Crippen LogP) is -1.54. The molecule has 506 valence electrons. The van der Waals surface area contributed by atoms with Crippen LogP contribution in [0.25, 0.3) is 0 Å². The molecule has 0 bridgehead atoms. The molecule has 0 aromatic heterocycles. The number of hydrogen-bond acceptors (Lipinski definition) is 27. The maximum atomic E-state index is 11.9. The summed E-state index contributed by atoms with van der Waals surface area (Å²) in [6.07, 6.45) is -13.8. The highest BCUT2D eigenvalue weighted by Crippen LogP contribution is 2.32. The number of aliphatic hydroxyl groups is 10. The molecule has 0 aliphatic carbocycles. The molecule has 4 aliphatic heterocycles. The first-order chi connectivity index (χ1) is 41.6. The van der Waals surface area contributed by atoms with Crippen molar-refractivity contribution in [3.63, 3.8) is 0 Å². The first-order valence-corrected chi connectivity index (χ1v) is 32.3. The van der Waals surface area contributed by atoms with E-state index >= 15 is 0 Å². The fourth-order valence-corrected chi connectivity index (χ4v) is 11.1. The molecule has 0 aromatic carbocycles. The van der Waals surface area contributed by atoms with Crippen LogP contribution in [0.15, 0.2) is 4.99 Å². The van der Waals surface area contributed by atoms with Crippen LogP contribution in [0, 0.1) is 0 Å². The number of amides is 1. The number of unbranched alkanes of at least 4 members (excludes halogenated alkanes) is 2. The highest BCUT2D eigenvalue weighted by atomic mass is 32.2. The lowest BCUT2D eigenvalue weighted by Crippen LogP contribution is -2.59. The summed E-state index contributed by atoms with van der Waals surface area (Å²) in [5.74, 6) is 0.481. The molecule has 20 unspecified atom stereocenters. The zero-order valence-corrected chi connectivity index (χ0v) is 51.7. The number of carbonyl (C=O) groups excluding carboxylic acids is 1. The largest absolute Gasteiger partial charge is 0.394 e. The summed E-state index contributed by atoms with van der Waals surface area (Å²) in [6.45, 7) is 9.86. The SMILES string of the molecule is CCCCCC(=O)NCCCOCCCOC1C(OCC)OC(CCCOC2OC(CCCOC3OC(CC)C(O)C(O)C3OCCCOCCCN)C(O)C(O)C2OCCCOCCCN=C(N)CSC2OC(CO)C(O)C(O)C2O)C(O)C1O. The molecule has 1 amide bonds. The molecule has 15 N–H and O–H groups in total. The van der Waals surface area contributed by atoms with Crippen LogP contribution in [0.4, 0.5) is 0 Å². The number of hydrogen-bond donors (Lipinski definition) is 13. The fraction of sp³-hybridized carbons (Fsp3) is 0.965. The first-order valence-electron chi connectivity index (χ1n) is 31.3. The molecule has 28 nitrogen and oxygen atoms in total. The average Bonchev–Trinajstić information content (AvgIpc) is 2.10. The molecule has 86 heavy (non-hydrogen) atoms. The third kappa shape index (κ3) is 26.9. The molecule has 4 fully saturated rings. The minimum absolute atomic E-state index is 0.0337. The molecule has 0 spiro atoms. The monoisotopic (exact) mass is 1260 g/mol. The van der Waals surface area contributed by atoms with Gasteiger partial charge in [0.2, 0.25) is 5.91 Å². The maximum absolute atomic E-state index is 11.9. The van der Waals surface area contributed by atoms with Crippen molar-refractivity contribution < 1.29 is 117 Å². The summed E-state index contributed by atoms with van der Waals surface area (Å²) in [7, 11) is 0. The van der Waals surface area contributed by atoms with Crippen LogP contribution >= 0.6 is 11.8 Å². The van der Waals surface area contributed by atoms with Crippen LogP contribution in [-0.4, -0.2) is 296 Å². The normalized spacial score (nSPS) is 33.5. The van der Waals surface area contributed by atoms with E-state index in [0.717, 1.165) is 37.4 Å². The zero-order chi connectivity index (χ0) is 62.6. The van der Waals surface area contributed by atoms with Crippen molar-refractivity contribution >= 4 is 23.5 Å². The Kier molecular flexibility index (Phi) is 40.0. The van der Waals surface area contributed by atoms with Gasteiger partial charge in [-0.1, -0.05) is 26.7 Å². The van der Waals surface area contributed by atoms with Gasteiger partial charge >= 0.3 is 0 Å². The molecule has 4 rings (SSSR count). The highest BCUT2D eigenvalue weighted by Gasteiger charge is 2.49. The van der Waals surface area contributed by atoms with Crippen molar-refractivity contribution in [3.8, 4) is 0 Å². The van der Waals surface area contributed by atoms with Crippen LogP contribution in [-0.2, 0) is 66.4 Å². The summed E-state index contributed by atoms with van der Waals surface area (Å²) in [4.78, 5) is 16.2. The Morgan fingerprint density at radius 1 is 0.500 bits per heavy atom. The summed E-state index contributed by atoms with van der Waals surface area (Å²) in [6, 6.07) is 0. The minimum atomic E-state index is -1.49. The number of amidine groups is 1. The van der Waals surface area contributed by atoms with Gasteiger partial charge in [-0.3, -0.25) is 9.79 Å². The van der Waals surface area contributed by atoms with Gasteiger partial charge in [0, 0.05) is 98.8 Å². The molecule has 0 radical (unpaired) electrons. The molecule has 29 heteroatoms. The summed E-state index contributed by atoms with van der Waals surface area (Å²) in [5, 5.41) is 110. The number of nitrogens with one attached hydrogen (secondary N) is 1. The Bertz CT molecular complexity index is 1760. The lowest BCUT2D eigenvalue weighted by molar-refractivity contribution is -0.314. The number of aliphatic imine (C=N–C) groups is 1. The maximum Gasteiger partial charge on any atom is 0.219 e. The fourth-order valence-electron chi connectivity index (χ4n) is 10.1. The molecule has 4 heterocycles. The van der Waals surface area contributed by atoms with Crippen LogP contribution in [0.1, 0.15) is 117 Å². The first kappa shape index (κ1) is 76.8. The number of rotatable bonds is 47. The quantitative estimate of drug-likeness (QED) is 0.0186. The molecule has 4 aliphatic rings. The third-order valence-electron chi connectivity index (χ3n) is 15.0. The number of nitrogens with two attached hydrogens (primary N) is 2. The van der Waals surface area contributed by atoms with E-state index in [1.807, 2.05) is 6.92 Å². The summed E-state index contributed by atoms with van der Waals surface area (Å²) < 4.78 is 77.3. The Morgan fingerprint density at radius 2 is 0.965 bits per heavy atom. The van der Waals surface area contributed by atoms with E-state index in [2.05, 4.69) is 17.2 Å². The number of nitrogens with zero attached hydrogens (tertiary/aromatic N) is 1. The number of thioether (sulfide) groups is 1. The summed E-state index contributed by atoms with van der Waals surface area (Å²) in [5.41, 5.74) is 10.7. The molecule has 0 aromatic rings. The van der Waals surface area contributed by atoms with Crippen LogP contribution in [0.2, 0.25) is 0 Å². The topological polar surface area (TPSA) is 416 Å². The molecular weight excluding hydrogens is 1160 g/mol. The molecule has 20 atom stereocenters. The van der Waals surface area contributed by atoms with E-state index < -0.39 is 129 Å². The number of carbonyl (C=O) groups is 1. The van der Waals surface area contributed by atoms with Gasteiger partial charge in [0.25, 0.3) is 0 Å². The summed E-state index contributed by atoms with van der Waals surface area (Å²) >= 11 is 1.08.